The average Bonchev–Trinajstić information content (AvgIpc) is 2.69. The van der Waals surface area contributed by atoms with E-state index in [-0.39, 0.29) is 11.9 Å². The second-order valence-electron chi connectivity index (χ2n) is 7.41. The Hall–Kier alpha value is -3.60. The van der Waals surface area contributed by atoms with Gasteiger partial charge in [-0.2, -0.15) is 0 Å². The van der Waals surface area contributed by atoms with Crippen molar-refractivity contribution < 1.29 is 9.59 Å². The minimum absolute atomic E-state index is 0.236. The zero-order chi connectivity index (χ0) is 20.5. The summed E-state index contributed by atoms with van der Waals surface area (Å²) in [7, 11) is 0. The molecule has 0 radical (unpaired) electrons. The first-order valence-electron chi connectivity index (χ1n) is 9.58. The lowest BCUT2D eigenvalue weighted by molar-refractivity contribution is -0.113. The minimum Gasteiger partial charge on any atom is -0.327 e. The van der Waals surface area contributed by atoms with Crippen LogP contribution < -0.4 is 16.0 Å². The van der Waals surface area contributed by atoms with Crippen LogP contribution in [0.2, 0.25) is 0 Å². The molecule has 3 aromatic rings. The van der Waals surface area contributed by atoms with Crippen molar-refractivity contribution in [2.75, 3.05) is 5.32 Å². The number of benzene rings is 3. The number of amides is 3. The minimum atomic E-state index is -0.541. The van der Waals surface area contributed by atoms with Gasteiger partial charge in [0, 0.05) is 11.4 Å². The lowest BCUT2D eigenvalue weighted by Gasteiger charge is -2.29. The summed E-state index contributed by atoms with van der Waals surface area (Å²) >= 11 is 0. The molecule has 0 bridgehead atoms. The summed E-state index contributed by atoms with van der Waals surface area (Å²) in [4.78, 5) is 25.5. The molecule has 0 fully saturated rings. The van der Waals surface area contributed by atoms with Crippen molar-refractivity contribution in [3.63, 3.8) is 0 Å². The maximum atomic E-state index is 13.3. The van der Waals surface area contributed by atoms with E-state index >= 15 is 0 Å². The second-order valence-corrected chi connectivity index (χ2v) is 7.41. The van der Waals surface area contributed by atoms with Crippen molar-refractivity contribution in [3.8, 4) is 0 Å². The summed E-state index contributed by atoms with van der Waals surface area (Å²) in [6, 6.07) is 18.9. The maximum Gasteiger partial charge on any atom is 0.319 e. The van der Waals surface area contributed by atoms with Crippen LogP contribution in [0.1, 0.15) is 29.7 Å². The number of carbonyl (C=O) groups excluding carboxylic acids is 2. The molecule has 0 spiro atoms. The van der Waals surface area contributed by atoms with Gasteiger partial charge in [0.15, 0.2) is 0 Å². The molecule has 5 nitrogen and oxygen atoms in total. The highest BCUT2D eigenvalue weighted by atomic mass is 16.2. The Morgan fingerprint density at radius 2 is 1.72 bits per heavy atom. The quantitative estimate of drug-likeness (QED) is 0.610. The van der Waals surface area contributed by atoms with Gasteiger partial charge in [0.2, 0.25) is 0 Å². The highest BCUT2D eigenvalue weighted by molar-refractivity contribution is 6.07. The Balaban J connectivity index is 1.77. The van der Waals surface area contributed by atoms with Crippen molar-refractivity contribution in [2.45, 2.75) is 26.8 Å². The summed E-state index contributed by atoms with van der Waals surface area (Å²) in [5, 5.41) is 10.7. The SMILES string of the molecule is CC1=C(C(=O)Nc2ccc(C)cc2C)[C@H](c2cccc3ccccc23)NC(=O)N1. The third-order valence-corrected chi connectivity index (χ3v) is 5.28. The summed E-state index contributed by atoms with van der Waals surface area (Å²) in [6.07, 6.45) is 0. The Labute approximate surface area is 169 Å². The molecule has 0 saturated heterocycles. The van der Waals surface area contributed by atoms with E-state index in [0.717, 1.165) is 33.2 Å². The van der Waals surface area contributed by atoms with Gasteiger partial charge in [-0.3, -0.25) is 4.79 Å². The molecule has 3 N–H and O–H groups in total. The van der Waals surface area contributed by atoms with Crippen LogP contribution in [0.5, 0.6) is 0 Å². The predicted molar refractivity (Wildman–Crippen MR) is 116 cm³/mol. The Kier molecular flexibility index (Phi) is 4.80. The first-order valence-corrected chi connectivity index (χ1v) is 9.58. The molecular weight excluding hydrogens is 362 g/mol. The van der Waals surface area contributed by atoms with E-state index in [1.807, 2.05) is 74.5 Å². The van der Waals surface area contributed by atoms with Gasteiger partial charge in [0.25, 0.3) is 5.91 Å². The number of aryl methyl sites for hydroxylation is 2. The van der Waals surface area contributed by atoms with Crippen LogP contribution in [-0.2, 0) is 4.79 Å². The molecule has 1 heterocycles. The fourth-order valence-corrected chi connectivity index (χ4v) is 3.87. The third kappa shape index (κ3) is 3.59. The van der Waals surface area contributed by atoms with Gasteiger partial charge < -0.3 is 16.0 Å². The van der Waals surface area contributed by atoms with Gasteiger partial charge in [-0.1, -0.05) is 60.2 Å². The highest BCUT2D eigenvalue weighted by Gasteiger charge is 2.32. The Morgan fingerprint density at radius 1 is 0.966 bits per heavy atom. The molecule has 0 aliphatic carbocycles. The number of hydrogen-bond donors (Lipinski definition) is 3. The number of anilines is 1. The average molecular weight is 385 g/mol. The van der Waals surface area contributed by atoms with Gasteiger partial charge in [-0.15, -0.1) is 0 Å². The van der Waals surface area contributed by atoms with E-state index in [2.05, 4.69) is 16.0 Å². The summed E-state index contributed by atoms with van der Waals surface area (Å²) < 4.78 is 0. The van der Waals surface area contributed by atoms with Gasteiger partial charge in [0.05, 0.1) is 11.6 Å². The van der Waals surface area contributed by atoms with Crippen LogP contribution >= 0.6 is 0 Å². The molecule has 3 aromatic carbocycles. The Bertz CT molecular complexity index is 1160. The van der Waals surface area contributed by atoms with Crippen molar-refractivity contribution in [1.82, 2.24) is 10.6 Å². The molecule has 5 heteroatoms. The van der Waals surface area contributed by atoms with E-state index < -0.39 is 6.04 Å². The zero-order valence-corrected chi connectivity index (χ0v) is 16.7. The molecule has 0 aromatic heterocycles. The monoisotopic (exact) mass is 385 g/mol. The number of rotatable bonds is 3. The van der Waals surface area contributed by atoms with E-state index in [1.54, 1.807) is 6.92 Å². The fraction of sp³-hybridized carbons (Fsp3) is 0.167. The van der Waals surface area contributed by atoms with Crippen molar-refractivity contribution in [3.05, 3.63) is 88.6 Å². The van der Waals surface area contributed by atoms with Crippen LogP contribution in [0, 0.1) is 13.8 Å². The number of carbonyl (C=O) groups is 2. The van der Waals surface area contributed by atoms with Crippen LogP contribution in [0.15, 0.2) is 71.9 Å². The number of urea groups is 1. The predicted octanol–water partition coefficient (Wildman–Crippen LogP) is 4.72. The van der Waals surface area contributed by atoms with Gasteiger partial charge in [-0.25, -0.2) is 4.79 Å². The van der Waals surface area contributed by atoms with Crippen LogP contribution in [0.3, 0.4) is 0 Å². The van der Waals surface area contributed by atoms with Gasteiger partial charge >= 0.3 is 6.03 Å². The summed E-state index contributed by atoms with van der Waals surface area (Å²) in [5.74, 6) is -0.236. The van der Waals surface area contributed by atoms with Crippen LogP contribution in [0.25, 0.3) is 10.8 Å². The fourth-order valence-electron chi connectivity index (χ4n) is 3.87. The normalized spacial score (nSPS) is 16.4. The molecular formula is C24H23N3O2. The topological polar surface area (TPSA) is 70.2 Å². The van der Waals surface area contributed by atoms with E-state index in [4.69, 9.17) is 0 Å². The van der Waals surface area contributed by atoms with E-state index in [9.17, 15) is 9.59 Å². The number of nitrogens with one attached hydrogen (secondary N) is 3. The van der Waals surface area contributed by atoms with Gasteiger partial charge in [0.1, 0.15) is 0 Å². The zero-order valence-electron chi connectivity index (χ0n) is 16.7. The molecule has 0 saturated carbocycles. The van der Waals surface area contributed by atoms with E-state index in [1.165, 1.54) is 0 Å². The molecule has 4 rings (SSSR count). The third-order valence-electron chi connectivity index (χ3n) is 5.28. The molecule has 146 valence electrons. The number of fused-ring (bicyclic) bond motifs is 1. The van der Waals surface area contributed by atoms with Crippen molar-refractivity contribution in [2.24, 2.45) is 0 Å². The maximum absolute atomic E-state index is 13.3. The van der Waals surface area contributed by atoms with Gasteiger partial charge in [-0.05, 0) is 48.7 Å². The number of hydrogen-bond acceptors (Lipinski definition) is 2. The lowest BCUT2D eigenvalue weighted by Crippen LogP contribution is -2.46. The summed E-state index contributed by atoms with van der Waals surface area (Å²) in [5.41, 5.74) is 4.83. The second kappa shape index (κ2) is 7.43. The highest BCUT2D eigenvalue weighted by Crippen LogP contribution is 2.32. The molecule has 1 aliphatic heterocycles. The summed E-state index contributed by atoms with van der Waals surface area (Å²) in [6.45, 7) is 5.74. The first-order chi connectivity index (χ1) is 13.9. The standard InChI is InChI=1S/C24H23N3O2/c1-14-11-12-20(15(2)13-14)26-23(28)21-16(3)25-24(29)27-22(21)19-10-6-8-17-7-4-5-9-18(17)19/h4-13,22H,1-3H3,(H,26,28)(H2,25,27,29)/t22-/m0/s1. The molecule has 29 heavy (non-hydrogen) atoms. The van der Waals surface area contributed by atoms with Crippen LogP contribution in [-0.4, -0.2) is 11.9 Å². The largest absolute Gasteiger partial charge is 0.327 e. The lowest BCUT2D eigenvalue weighted by atomic mass is 9.91. The molecule has 0 unspecified atom stereocenters. The molecule has 1 aliphatic rings. The molecule has 1 atom stereocenters. The number of allylic oxidation sites excluding steroid dienone is 1. The van der Waals surface area contributed by atoms with Crippen molar-refractivity contribution >= 4 is 28.4 Å². The first kappa shape index (κ1) is 18.7. The smallest absolute Gasteiger partial charge is 0.319 e. The van der Waals surface area contributed by atoms with Crippen LogP contribution in [0.4, 0.5) is 10.5 Å². The van der Waals surface area contributed by atoms with E-state index in [0.29, 0.717) is 11.3 Å². The Morgan fingerprint density at radius 3 is 2.52 bits per heavy atom. The molecule has 3 amide bonds. The van der Waals surface area contributed by atoms with Crippen molar-refractivity contribution in [1.29, 1.82) is 0 Å².